The number of piperidine rings is 1. The Bertz CT molecular complexity index is 750. The van der Waals surface area contributed by atoms with E-state index in [1.807, 2.05) is 6.92 Å². The van der Waals surface area contributed by atoms with E-state index in [2.05, 4.69) is 13.8 Å². The monoisotopic (exact) mass is 350 g/mol. The summed E-state index contributed by atoms with van der Waals surface area (Å²) in [7, 11) is -3.47. The van der Waals surface area contributed by atoms with Crippen LogP contribution in [0.4, 0.5) is 5.69 Å². The van der Waals surface area contributed by atoms with Crippen molar-refractivity contribution < 1.29 is 13.2 Å². The van der Waals surface area contributed by atoms with E-state index in [0.29, 0.717) is 36.2 Å². The average Bonchev–Trinajstić information content (AvgIpc) is 2.81. The number of sulfonamides is 1. The molecule has 132 valence electrons. The highest BCUT2D eigenvalue weighted by atomic mass is 32.2. The number of rotatable bonds is 2. The van der Waals surface area contributed by atoms with Gasteiger partial charge in [-0.15, -0.1) is 0 Å². The number of fused-ring (bicyclic) bond motifs is 1. The lowest BCUT2D eigenvalue weighted by Gasteiger charge is -2.34. The van der Waals surface area contributed by atoms with Gasteiger partial charge < -0.3 is 4.90 Å². The summed E-state index contributed by atoms with van der Waals surface area (Å²) in [5.74, 6) is 0.757. The van der Waals surface area contributed by atoms with E-state index >= 15 is 0 Å². The van der Waals surface area contributed by atoms with Crippen LogP contribution in [0.2, 0.25) is 0 Å². The Labute approximate surface area is 144 Å². The van der Waals surface area contributed by atoms with Crippen LogP contribution in [0.25, 0.3) is 0 Å². The molecule has 1 saturated heterocycles. The van der Waals surface area contributed by atoms with E-state index in [0.717, 1.165) is 17.7 Å². The van der Waals surface area contributed by atoms with Crippen molar-refractivity contribution in [2.24, 2.45) is 11.8 Å². The van der Waals surface area contributed by atoms with Gasteiger partial charge in [-0.2, -0.15) is 4.31 Å². The molecule has 1 fully saturated rings. The van der Waals surface area contributed by atoms with Crippen molar-refractivity contribution in [3.63, 3.8) is 0 Å². The number of carbonyl (C=O) groups excluding carboxylic acids is 1. The third kappa shape index (κ3) is 2.97. The van der Waals surface area contributed by atoms with Crippen molar-refractivity contribution in [3.05, 3.63) is 23.8 Å². The number of hydrogen-bond donors (Lipinski definition) is 0. The Morgan fingerprint density at radius 3 is 2.33 bits per heavy atom. The number of carbonyl (C=O) groups is 1. The van der Waals surface area contributed by atoms with Crippen LogP contribution in [0.3, 0.4) is 0 Å². The lowest BCUT2D eigenvalue weighted by Crippen LogP contribution is -2.42. The van der Waals surface area contributed by atoms with Gasteiger partial charge in [-0.3, -0.25) is 4.79 Å². The van der Waals surface area contributed by atoms with E-state index in [-0.39, 0.29) is 11.9 Å². The fourth-order valence-corrected chi connectivity index (χ4v) is 5.93. The molecule has 0 aromatic heterocycles. The fraction of sp³-hybridized carbons (Fsp3) is 0.611. The molecule has 24 heavy (non-hydrogen) atoms. The Kier molecular flexibility index (Phi) is 4.47. The van der Waals surface area contributed by atoms with Gasteiger partial charge in [-0.25, -0.2) is 8.42 Å². The van der Waals surface area contributed by atoms with Crippen LogP contribution in [0.15, 0.2) is 23.1 Å². The Morgan fingerprint density at radius 1 is 1.12 bits per heavy atom. The van der Waals surface area contributed by atoms with Gasteiger partial charge in [0.25, 0.3) is 0 Å². The molecule has 1 aromatic carbocycles. The Morgan fingerprint density at radius 2 is 1.75 bits per heavy atom. The molecule has 6 heteroatoms. The molecule has 0 saturated carbocycles. The molecule has 1 amide bonds. The molecule has 0 N–H and O–H groups in total. The first-order chi connectivity index (χ1) is 11.2. The summed E-state index contributed by atoms with van der Waals surface area (Å²) in [5, 5.41) is 0. The highest BCUT2D eigenvalue weighted by molar-refractivity contribution is 7.89. The summed E-state index contributed by atoms with van der Waals surface area (Å²) in [6.45, 7) is 8.91. The maximum absolute atomic E-state index is 13.0. The van der Waals surface area contributed by atoms with E-state index in [9.17, 15) is 13.2 Å². The van der Waals surface area contributed by atoms with Gasteiger partial charge in [0, 0.05) is 31.7 Å². The largest absolute Gasteiger partial charge is 0.309 e. The highest BCUT2D eigenvalue weighted by Gasteiger charge is 2.34. The second kappa shape index (κ2) is 6.15. The van der Waals surface area contributed by atoms with Crippen LogP contribution in [-0.4, -0.2) is 37.8 Å². The molecule has 0 radical (unpaired) electrons. The standard InChI is InChI=1S/C18H26N2O3S/c1-12-7-13(2)11-19(10-12)24(22,23)17-5-6-18-16(9-17)8-14(3)20(18)15(4)21/h5-6,9,12-14H,7-8,10-11H2,1-4H3/t12-,13-,14-/m1/s1. The highest BCUT2D eigenvalue weighted by Crippen LogP contribution is 2.35. The molecule has 0 aliphatic carbocycles. The minimum Gasteiger partial charge on any atom is -0.309 e. The molecule has 2 heterocycles. The van der Waals surface area contributed by atoms with Crippen LogP contribution in [0.1, 0.15) is 39.7 Å². The van der Waals surface area contributed by atoms with Crippen LogP contribution in [0.5, 0.6) is 0 Å². The zero-order valence-electron chi connectivity index (χ0n) is 14.8. The summed E-state index contributed by atoms with van der Waals surface area (Å²) in [6, 6.07) is 5.26. The number of hydrogen-bond acceptors (Lipinski definition) is 3. The van der Waals surface area contributed by atoms with E-state index < -0.39 is 10.0 Å². The van der Waals surface area contributed by atoms with Crippen LogP contribution >= 0.6 is 0 Å². The first-order valence-electron chi connectivity index (χ1n) is 8.63. The molecule has 0 unspecified atom stereocenters. The smallest absolute Gasteiger partial charge is 0.243 e. The molecular weight excluding hydrogens is 324 g/mol. The van der Waals surface area contributed by atoms with Crippen molar-refractivity contribution in [2.75, 3.05) is 18.0 Å². The Hall–Kier alpha value is -1.40. The van der Waals surface area contributed by atoms with Gasteiger partial charge in [0.15, 0.2) is 0 Å². The van der Waals surface area contributed by atoms with E-state index in [1.165, 1.54) is 0 Å². The van der Waals surface area contributed by atoms with Crippen molar-refractivity contribution in [1.82, 2.24) is 4.31 Å². The van der Waals surface area contributed by atoms with Crippen LogP contribution in [0, 0.1) is 11.8 Å². The molecule has 1 aromatic rings. The van der Waals surface area contributed by atoms with Gasteiger partial charge >= 0.3 is 0 Å². The SMILES string of the molecule is CC(=O)N1c2ccc(S(=O)(=O)N3C[C@H](C)C[C@@H](C)C3)cc2C[C@H]1C. The van der Waals surface area contributed by atoms with Gasteiger partial charge in [-0.1, -0.05) is 13.8 Å². The van der Waals surface area contributed by atoms with Crippen LogP contribution in [-0.2, 0) is 21.2 Å². The van der Waals surface area contributed by atoms with Gasteiger partial charge in [-0.05, 0) is 55.4 Å². The topological polar surface area (TPSA) is 57.7 Å². The molecule has 0 spiro atoms. The number of nitrogens with zero attached hydrogens (tertiary/aromatic N) is 2. The summed E-state index contributed by atoms with van der Waals surface area (Å²) >= 11 is 0. The second-order valence-corrected chi connectivity index (χ2v) is 9.44. The van der Waals surface area contributed by atoms with Crippen molar-refractivity contribution in [3.8, 4) is 0 Å². The van der Waals surface area contributed by atoms with E-state index in [1.54, 1.807) is 34.3 Å². The average molecular weight is 350 g/mol. The van der Waals surface area contributed by atoms with Crippen LogP contribution < -0.4 is 4.90 Å². The Balaban J connectivity index is 1.94. The summed E-state index contributed by atoms with van der Waals surface area (Å²) in [6.07, 6.45) is 1.77. The molecular formula is C18H26N2O3S. The third-order valence-corrected chi connectivity index (χ3v) is 6.91. The molecule has 2 aliphatic rings. The van der Waals surface area contributed by atoms with Gasteiger partial charge in [0.05, 0.1) is 4.90 Å². The number of amides is 1. The molecule has 2 aliphatic heterocycles. The zero-order chi connectivity index (χ0) is 17.6. The van der Waals surface area contributed by atoms with Crippen molar-refractivity contribution in [1.29, 1.82) is 0 Å². The number of benzene rings is 1. The second-order valence-electron chi connectivity index (χ2n) is 7.50. The summed E-state index contributed by atoms with van der Waals surface area (Å²) < 4.78 is 27.7. The fourth-order valence-electron chi connectivity index (χ4n) is 4.20. The van der Waals surface area contributed by atoms with Gasteiger partial charge in [0.2, 0.25) is 15.9 Å². The van der Waals surface area contributed by atoms with Crippen molar-refractivity contribution in [2.45, 2.75) is 51.5 Å². The normalized spacial score (nSPS) is 28.0. The number of anilines is 1. The summed E-state index contributed by atoms with van der Waals surface area (Å²) in [4.78, 5) is 13.9. The summed E-state index contributed by atoms with van der Waals surface area (Å²) in [5.41, 5.74) is 1.78. The lowest BCUT2D eigenvalue weighted by molar-refractivity contribution is -0.116. The third-order valence-electron chi connectivity index (χ3n) is 5.08. The molecule has 3 rings (SSSR count). The maximum Gasteiger partial charge on any atom is 0.243 e. The van der Waals surface area contributed by atoms with E-state index in [4.69, 9.17) is 0 Å². The zero-order valence-corrected chi connectivity index (χ0v) is 15.6. The molecule has 5 nitrogen and oxygen atoms in total. The predicted octanol–water partition coefficient (Wildman–Crippen LogP) is 2.65. The first kappa shape index (κ1) is 17.4. The predicted molar refractivity (Wildman–Crippen MR) is 94.5 cm³/mol. The minimum absolute atomic E-state index is 0.00413. The van der Waals surface area contributed by atoms with Gasteiger partial charge in [0.1, 0.15) is 0 Å². The molecule has 0 bridgehead atoms. The quantitative estimate of drug-likeness (QED) is 0.824. The first-order valence-corrected chi connectivity index (χ1v) is 10.1. The molecule has 3 atom stereocenters. The van der Waals surface area contributed by atoms with Crippen molar-refractivity contribution >= 4 is 21.6 Å². The lowest BCUT2D eigenvalue weighted by atomic mass is 9.94. The maximum atomic E-state index is 13.0. The minimum atomic E-state index is -3.47.